The van der Waals surface area contributed by atoms with Crippen LogP contribution in [0.4, 0.5) is 0 Å². The normalized spacial score (nSPS) is 12.5. The van der Waals surface area contributed by atoms with Gasteiger partial charge in [-0.1, -0.05) is 13.8 Å². The molecule has 0 bridgehead atoms. The van der Waals surface area contributed by atoms with Gasteiger partial charge in [0.2, 0.25) is 0 Å². The van der Waals surface area contributed by atoms with Gasteiger partial charge in [-0.05, 0) is 53.2 Å². The van der Waals surface area contributed by atoms with Crippen molar-refractivity contribution in [2.45, 2.75) is 67.1 Å². The van der Waals surface area contributed by atoms with Crippen LogP contribution in [-0.2, 0) is 14.3 Å². The summed E-state index contributed by atoms with van der Waals surface area (Å²) >= 11 is 1.69. The molecule has 2 aromatic heterocycles. The second-order valence-electron chi connectivity index (χ2n) is 6.44. The number of rotatable bonds is 3. The molecule has 0 amide bonds. The Morgan fingerprint density at radius 3 is 2.29 bits per heavy atom. The molecule has 0 aliphatic carbocycles. The van der Waals surface area contributed by atoms with Crippen LogP contribution in [0.2, 0.25) is 0 Å². The van der Waals surface area contributed by atoms with E-state index in [-0.39, 0.29) is 0 Å². The Balaban J connectivity index is 0.00000139. The molecule has 2 rings (SSSR count). The number of hydrogen-bond donors (Lipinski definition) is 0. The van der Waals surface area contributed by atoms with Crippen LogP contribution in [0.25, 0.3) is 10.2 Å². The Bertz CT molecular complexity index is 713. The zero-order valence-corrected chi connectivity index (χ0v) is 17.1. The molecule has 0 aromatic carbocycles. The van der Waals surface area contributed by atoms with Crippen LogP contribution in [0.5, 0.6) is 0 Å². The molecule has 0 saturated heterocycles. The van der Waals surface area contributed by atoms with E-state index >= 15 is 0 Å². The number of nitrogens with zero attached hydrogens (tertiary/aromatic N) is 1. The first-order valence-electron chi connectivity index (χ1n) is 8.27. The summed E-state index contributed by atoms with van der Waals surface area (Å²) in [7, 11) is 1.38. The highest BCUT2D eigenvalue weighted by Crippen LogP contribution is 2.36. The number of thiophene rings is 1. The SMILES string of the molecule is CC.COC(=O)[C@@H](OC(C)(C)C)c1c(C)nc2cc(C)sc2c1C. The number of methoxy groups -OCH3 is 1. The molecule has 0 saturated carbocycles. The van der Waals surface area contributed by atoms with Crippen molar-refractivity contribution >= 4 is 27.5 Å². The van der Waals surface area contributed by atoms with Gasteiger partial charge in [-0.25, -0.2) is 4.79 Å². The van der Waals surface area contributed by atoms with Gasteiger partial charge in [0, 0.05) is 16.1 Å². The van der Waals surface area contributed by atoms with Crippen molar-refractivity contribution in [2.24, 2.45) is 0 Å². The minimum Gasteiger partial charge on any atom is -0.467 e. The summed E-state index contributed by atoms with van der Waals surface area (Å²) in [5.41, 5.74) is 3.18. The largest absolute Gasteiger partial charge is 0.467 e. The number of hydrogen-bond acceptors (Lipinski definition) is 5. The van der Waals surface area contributed by atoms with Gasteiger partial charge in [-0.2, -0.15) is 0 Å². The zero-order valence-electron chi connectivity index (χ0n) is 16.2. The highest BCUT2D eigenvalue weighted by atomic mass is 32.1. The number of carbonyl (C=O) groups is 1. The highest BCUT2D eigenvalue weighted by Gasteiger charge is 2.31. The van der Waals surface area contributed by atoms with Crippen molar-refractivity contribution in [1.82, 2.24) is 4.98 Å². The van der Waals surface area contributed by atoms with Gasteiger partial charge >= 0.3 is 5.97 Å². The maximum Gasteiger partial charge on any atom is 0.339 e. The standard InChI is InChI=1S/C17H23NO3S.C2H6/c1-9-8-12-15(22-9)10(2)13(11(3)18-12)14(16(19)20-7)21-17(4,5)6;1-2/h8,14H,1-7H3;1-2H3/t14-;/m0./s1. The molecular formula is C19H29NO3S. The van der Waals surface area contributed by atoms with Crippen LogP contribution in [0.15, 0.2) is 6.07 Å². The molecule has 0 fully saturated rings. The molecule has 0 aliphatic rings. The lowest BCUT2D eigenvalue weighted by atomic mass is 10.0. The monoisotopic (exact) mass is 351 g/mol. The van der Waals surface area contributed by atoms with E-state index in [4.69, 9.17) is 9.47 Å². The summed E-state index contributed by atoms with van der Waals surface area (Å²) in [5, 5.41) is 0. The lowest BCUT2D eigenvalue weighted by molar-refractivity contribution is -0.164. The summed E-state index contributed by atoms with van der Waals surface area (Å²) in [5.74, 6) is -0.393. The molecule has 5 heteroatoms. The summed E-state index contributed by atoms with van der Waals surface area (Å²) < 4.78 is 12.0. The number of pyridine rings is 1. The molecule has 0 unspecified atom stereocenters. The quantitative estimate of drug-likeness (QED) is 0.706. The van der Waals surface area contributed by atoms with Crippen LogP contribution in [0.1, 0.15) is 62.4 Å². The number of fused-ring (bicyclic) bond motifs is 1. The molecule has 4 nitrogen and oxygen atoms in total. The number of carbonyl (C=O) groups excluding carboxylic acids is 1. The van der Waals surface area contributed by atoms with E-state index in [0.29, 0.717) is 0 Å². The predicted molar refractivity (Wildman–Crippen MR) is 101 cm³/mol. The first-order chi connectivity index (χ1) is 11.1. The van der Waals surface area contributed by atoms with Crippen molar-refractivity contribution in [1.29, 1.82) is 0 Å². The molecule has 0 radical (unpaired) electrons. The van der Waals surface area contributed by atoms with Gasteiger partial charge in [-0.15, -0.1) is 11.3 Å². The van der Waals surface area contributed by atoms with E-state index in [2.05, 4.69) is 18.0 Å². The van der Waals surface area contributed by atoms with Crippen molar-refractivity contribution in [3.8, 4) is 0 Å². The van der Waals surface area contributed by atoms with Gasteiger partial charge in [0.15, 0.2) is 6.10 Å². The maximum absolute atomic E-state index is 12.3. The molecule has 134 valence electrons. The Kier molecular flexibility index (Phi) is 6.93. The van der Waals surface area contributed by atoms with Crippen molar-refractivity contribution in [3.05, 3.63) is 27.8 Å². The van der Waals surface area contributed by atoms with Gasteiger partial charge in [0.25, 0.3) is 0 Å². The van der Waals surface area contributed by atoms with Crippen LogP contribution < -0.4 is 0 Å². The van der Waals surface area contributed by atoms with Crippen molar-refractivity contribution in [2.75, 3.05) is 7.11 Å². The first-order valence-corrected chi connectivity index (χ1v) is 9.08. The fourth-order valence-corrected chi connectivity index (χ4v) is 3.52. The topological polar surface area (TPSA) is 48.4 Å². The lowest BCUT2D eigenvalue weighted by Crippen LogP contribution is -2.29. The minimum absolute atomic E-state index is 0.393. The predicted octanol–water partition coefficient (Wildman–Crippen LogP) is 5.28. The zero-order chi connectivity index (χ0) is 18.7. The average molecular weight is 352 g/mol. The molecule has 2 heterocycles. The third-order valence-electron chi connectivity index (χ3n) is 3.41. The number of ether oxygens (including phenoxy) is 2. The summed E-state index contributed by atoms with van der Waals surface area (Å²) in [4.78, 5) is 18.1. The number of aromatic nitrogens is 1. The van der Waals surface area contributed by atoms with Gasteiger partial charge in [0.05, 0.1) is 22.9 Å². The van der Waals surface area contributed by atoms with E-state index in [1.54, 1.807) is 11.3 Å². The Morgan fingerprint density at radius 1 is 1.21 bits per heavy atom. The van der Waals surface area contributed by atoms with E-state index in [1.807, 2.05) is 48.5 Å². The Labute approximate surface area is 149 Å². The summed E-state index contributed by atoms with van der Waals surface area (Å²) in [6.07, 6.45) is -0.760. The molecule has 24 heavy (non-hydrogen) atoms. The van der Waals surface area contributed by atoms with E-state index in [1.165, 1.54) is 12.0 Å². The van der Waals surface area contributed by atoms with Crippen molar-refractivity contribution < 1.29 is 14.3 Å². The van der Waals surface area contributed by atoms with Gasteiger partial charge in [0.1, 0.15) is 0 Å². The fourth-order valence-electron chi connectivity index (χ4n) is 2.56. The van der Waals surface area contributed by atoms with Gasteiger partial charge < -0.3 is 9.47 Å². The second kappa shape index (κ2) is 8.08. The van der Waals surface area contributed by atoms with Crippen LogP contribution in [-0.4, -0.2) is 23.7 Å². The van der Waals surface area contributed by atoms with E-state index < -0.39 is 17.7 Å². The second-order valence-corrected chi connectivity index (χ2v) is 7.70. The Hall–Kier alpha value is -1.46. The maximum atomic E-state index is 12.3. The molecule has 0 spiro atoms. The fraction of sp³-hybridized carbons (Fsp3) is 0.579. The summed E-state index contributed by atoms with van der Waals surface area (Å²) in [6.45, 7) is 15.8. The highest BCUT2D eigenvalue weighted by molar-refractivity contribution is 7.19. The minimum atomic E-state index is -0.760. The van der Waals surface area contributed by atoms with Gasteiger partial charge in [-0.3, -0.25) is 4.98 Å². The first kappa shape index (κ1) is 20.6. The molecule has 1 atom stereocenters. The average Bonchev–Trinajstić information content (AvgIpc) is 2.87. The lowest BCUT2D eigenvalue weighted by Gasteiger charge is -2.27. The van der Waals surface area contributed by atoms with Crippen molar-refractivity contribution in [3.63, 3.8) is 0 Å². The molecule has 0 aliphatic heterocycles. The third kappa shape index (κ3) is 4.54. The Morgan fingerprint density at radius 2 is 1.79 bits per heavy atom. The number of esters is 1. The molecular weight excluding hydrogens is 322 g/mol. The van der Waals surface area contributed by atoms with E-state index in [9.17, 15) is 4.79 Å². The number of aryl methyl sites for hydroxylation is 3. The molecule has 0 N–H and O–H groups in total. The summed E-state index contributed by atoms with van der Waals surface area (Å²) in [6, 6.07) is 2.07. The smallest absolute Gasteiger partial charge is 0.339 e. The van der Waals surface area contributed by atoms with Crippen LogP contribution in [0.3, 0.4) is 0 Å². The van der Waals surface area contributed by atoms with Crippen LogP contribution >= 0.6 is 11.3 Å². The van der Waals surface area contributed by atoms with Crippen LogP contribution in [0, 0.1) is 20.8 Å². The molecule has 2 aromatic rings. The third-order valence-corrected chi connectivity index (χ3v) is 4.57. The van der Waals surface area contributed by atoms with E-state index in [0.717, 1.165) is 27.0 Å².